The third-order valence-electron chi connectivity index (χ3n) is 6.76. The zero-order valence-electron chi connectivity index (χ0n) is 21.6. The van der Waals surface area contributed by atoms with E-state index in [9.17, 15) is 9.90 Å². The van der Waals surface area contributed by atoms with Gasteiger partial charge in [0.1, 0.15) is 18.1 Å². The van der Waals surface area contributed by atoms with E-state index < -0.39 is 5.97 Å². The minimum atomic E-state index is -0.930. The van der Waals surface area contributed by atoms with Crippen LogP contribution in [0.1, 0.15) is 52.7 Å². The number of aryl methyl sites for hydroxylation is 1. The molecule has 1 N–H and O–H groups in total. The first-order valence-electron chi connectivity index (χ1n) is 12.7. The van der Waals surface area contributed by atoms with Crippen molar-refractivity contribution in [2.75, 3.05) is 0 Å². The fourth-order valence-corrected chi connectivity index (χ4v) is 5.22. The Morgan fingerprint density at radius 2 is 1.54 bits per heavy atom. The minimum Gasteiger partial charge on any atom is -0.489 e. The van der Waals surface area contributed by atoms with Gasteiger partial charge in [-0.1, -0.05) is 78.6 Å². The molecule has 0 radical (unpaired) electrons. The van der Waals surface area contributed by atoms with Gasteiger partial charge in [0, 0.05) is 16.0 Å². The molecule has 5 nitrogen and oxygen atoms in total. The molecule has 39 heavy (non-hydrogen) atoms. The first kappa shape index (κ1) is 26.8. The molecule has 5 aromatic rings. The number of halogens is 2. The lowest BCUT2D eigenvalue weighted by Gasteiger charge is -2.11. The third kappa shape index (κ3) is 5.95. The summed E-state index contributed by atoms with van der Waals surface area (Å²) in [5, 5.41) is 16.7. The highest BCUT2D eigenvalue weighted by molar-refractivity contribution is 6.36. The van der Waals surface area contributed by atoms with Crippen LogP contribution in [0.15, 0.2) is 83.4 Å². The maximum Gasteiger partial charge on any atom is 0.335 e. The summed E-state index contributed by atoms with van der Waals surface area (Å²) in [5.41, 5.74) is 5.05. The molecule has 198 valence electrons. The summed E-state index contributed by atoms with van der Waals surface area (Å²) in [5.74, 6) is 0.784. The van der Waals surface area contributed by atoms with Crippen LogP contribution in [-0.2, 0) is 19.4 Å². The van der Waals surface area contributed by atoms with Gasteiger partial charge >= 0.3 is 5.97 Å². The lowest BCUT2D eigenvalue weighted by molar-refractivity contribution is 0.0697. The number of aromatic nitrogens is 1. The van der Waals surface area contributed by atoms with Crippen molar-refractivity contribution in [1.82, 2.24) is 5.16 Å². The summed E-state index contributed by atoms with van der Waals surface area (Å²) in [6, 6.07) is 24.6. The van der Waals surface area contributed by atoms with Crippen LogP contribution in [-0.4, -0.2) is 16.2 Å². The van der Waals surface area contributed by atoms with E-state index in [2.05, 4.69) is 25.1 Å². The van der Waals surface area contributed by atoms with Gasteiger partial charge in [-0.05, 0) is 82.8 Å². The second kappa shape index (κ2) is 11.5. The Balaban J connectivity index is 1.30. The highest BCUT2D eigenvalue weighted by Gasteiger charge is 2.20. The van der Waals surface area contributed by atoms with Gasteiger partial charge in [-0.25, -0.2) is 4.79 Å². The Morgan fingerprint density at radius 1 is 0.872 bits per heavy atom. The topological polar surface area (TPSA) is 72.6 Å². The average molecular weight is 560 g/mol. The molecule has 0 saturated carbocycles. The van der Waals surface area contributed by atoms with Crippen LogP contribution in [0.25, 0.3) is 21.9 Å². The molecule has 1 aromatic heterocycles. The minimum absolute atomic E-state index is 0.163. The number of hydrogen-bond donors (Lipinski definition) is 1. The summed E-state index contributed by atoms with van der Waals surface area (Å²) in [4.78, 5) is 11.2. The molecule has 0 amide bonds. The zero-order valence-corrected chi connectivity index (χ0v) is 23.1. The normalized spacial score (nSPS) is 11.3. The maximum atomic E-state index is 11.2. The molecule has 0 fully saturated rings. The van der Waals surface area contributed by atoms with E-state index in [1.165, 1.54) is 0 Å². The first-order valence-corrected chi connectivity index (χ1v) is 13.5. The van der Waals surface area contributed by atoms with Gasteiger partial charge in [0.15, 0.2) is 0 Å². The quantitative estimate of drug-likeness (QED) is 0.195. The van der Waals surface area contributed by atoms with Crippen molar-refractivity contribution < 1.29 is 19.2 Å². The number of carbonyl (C=O) groups is 1. The smallest absolute Gasteiger partial charge is 0.335 e. The Kier molecular flexibility index (Phi) is 7.92. The molecule has 0 unspecified atom stereocenters. The molecular formula is C32H27Cl2NO4. The molecule has 0 saturated heterocycles. The van der Waals surface area contributed by atoms with Gasteiger partial charge in [-0.2, -0.15) is 0 Å². The number of rotatable bonds is 9. The predicted molar refractivity (Wildman–Crippen MR) is 155 cm³/mol. The molecule has 0 aliphatic heterocycles. The zero-order chi connectivity index (χ0) is 27.5. The Labute approximate surface area is 236 Å². The van der Waals surface area contributed by atoms with Crippen molar-refractivity contribution in [3.05, 3.63) is 117 Å². The number of hydrogen-bond acceptors (Lipinski definition) is 4. The van der Waals surface area contributed by atoms with Gasteiger partial charge in [0.25, 0.3) is 0 Å². The van der Waals surface area contributed by atoms with Crippen LogP contribution < -0.4 is 4.74 Å². The van der Waals surface area contributed by atoms with E-state index in [4.69, 9.17) is 32.5 Å². The number of carboxylic acids is 1. The van der Waals surface area contributed by atoms with Crippen LogP contribution in [0, 0.1) is 0 Å². The number of fused-ring (bicyclic) bond motifs is 1. The molecule has 0 aliphatic rings. The van der Waals surface area contributed by atoms with E-state index in [1.54, 1.807) is 12.1 Å². The van der Waals surface area contributed by atoms with E-state index in [-0.39, 0.29) is 11.5 Å². The van der Waals surface area contributed by atoms with Crippen molar-refractivity contribution in [3.8, 4) is 16.9 Å². The molecule has 7 heteroatoms. The van der Waals surface area contributed by atoms with Gasteiger partial charge in [-0.15, -0.1) is 0 Å². The van der Waals surface area contributed by atoms with Crippen LogP contribution >= 0.6 is 23.2 Å². The summed E-state index contributed by atoms with van der Waals surface area (Å²) in [6.45, 7) is 4.48. The van der Waals surface area contributed by atoms with Crippen molar-refractivity contribution in [1.29, 1.82) is 0 Å². The molecule has 0 bridgehead atoms. The second-order valence-electron chi connectivity index (χ2n) is 9.72. The number of ether oxygens (including phenoxy) is 1. The molecule has 0 aliphatic carbocycles. The SMILES string of the molecule is CC(C)c1onc(CCc2c(Cl)cccc2Cl)c1COc1ccc(-c2ccc3cc(C(=O)O)ccc3c2)cc1. The lowest BCUT2D eigenvalue weighted by Crippen LogP contribution is -2.04. The summed E-state index contributed by atoms with van der Waals surface area (Å²) >= 11 is 12.7. The first-order chi connectivity index (χ1) is 18.8. The van der Waals surface area contributed by atoms with E-state index in [0.29, 0.717) is 29.5 Å². The molecule has 5 rings (SSSR count). The fraction of sp³-hybridized carbons (Fsp3) is 0.188. The monoisotopic (exact) mass is 559 g/mol. The van der Waals surface area contributed by atoms with Crippen LogP contribution in [0.3, 0.4) is 0 Å². The van der Waals surface area contributed by atoms with Crippen LogP contribution in [0.4, 0.5) is 0 Å². The second-order valence-corrected chi connectivity index (χ2v) is 10.5. The fourth-order valence-electron chi connectivity index (χ4n) is 4.63. The molecule has 4 aromatic carbocycles. The van der Waals surface area contributed by atoms with Crippen molar-refractivity contribution in [3.63, 3.8) is 0 Å². The summed E-state index contributed by atoms with van der Waals surface area (Å²) < 4.78 is 11.9. The van der Waals surface area contributed by atoms with Gasteiger partial charge in [0.2, 0.25) is 0 Å². The summed E-state index contributed by atoms with van der Waals surface area (Å²) in [7, 11) is 0. The number of benzene rings is 4. The standard InChI is InChI=1S/C32H27Cl2NO4/c1-19(2)31-27(30(35-39-31)15-14-26-28(33)4-3-5-29(26)34)18-38-25-12-10-20(11-13-25)21-6-7-23-17-24(32(36)37)9-8-22(23)16-21/h3-13,16-17,19H,14-15,18H2,1-2H3,(H,36,37). The maximum absolute atomic E-state index is 11.2. The molecule has 0 atom stereocenters. The predicted octanol–water partition coefficient (Wildman–Crippen LogP) is 8.99. The van der Waals surface area contributed by atoms with Gasteiger partial charge in [-0.3, -0.25) is 0 Å². The van der Waals surface area contributed by atoms with Gasteiger partial charge < -0.3 is 14.4 Å². The number of nitrogens with zero attached hydrogens (tertiary/aromatic N) is 1. The lowest BCUT2D eigenvalue weighted by atomic mass is 10.00. The van der Waals surface area contributed by atoms with Crippen LogP contribution in [0.2, 0.25) is 10.0 Å². The molecular weight excluding hydrogens is 533 g/mol. The van der Waals surface area contributed by atoms with Gasteiger partial charge in [0.05, 0.1) is 16.8 Å². The van der Waals surface area contributed by atoms with E-state index in [0.717, 1.165) is 50.2 Å². The Hall–Kier alpha value is -3.80. The Bertz CT molecular complexity index is 1620. The van der Waals surface area contributed by atoms with Crippen molar-refractivity contribution in [2.24, 2.45) is 0 Å². The average Bonchev–Trinajstić information content (AvgIpc) is 3.34. The highest BCUT2D eigenvalue weighted by Crippen LogP contribution is 2.30. The molecule has 0 spiro atoms. The third-order valence-corrected chi connectivity index (χ3v) is 7.46. The van der Waals surface area contributed by atoms with Crippen molar-refractivity contribution in [2.45, 2.75) is 39.2 Å². The number of carboxylic acid groups (broad SMARTS) is 1. The summed E-state index contributed by atoms with van der Waals surface area (Å²) in [6.07, 6.45) is 1.28. The van der Waals surface area contributed by atoms with Crippen molar-refractivity contribution >= 4 is 39.9 Å². The highest BCUT2D eigenvalue weighted by atomic mass is 35.5. The Morgan fingerprint density at radius 3 is 2.23 bits per heavy atom. The van der Waals surface area contributed by atoms with Crippen LogP contribution in [0.5, 0.6) is 5.75 Å². The van der Waals surface area contributed by atoms with E-state index in [1.807, 2.05) is 60.7 Å². The molecule has 1 heterocycles. The largest absolute Gasteiger partial charge is 0.489 e. The van der Waals surface area contributed by atoms with E-state index >= 15 is 0 Å². The number of aromatic carboxylic acids is 1.